The van der Waals surface area contributed by atoms with E-state index in [9.17, 15) is 13.5 Å². The molecule has 0 fully saturated rings. The van der Waals surface area contributed by atoms with Crippen LogP contribution in [0.4, 0.5) is 5.69 Å². The first-order valence-electron chi connectivity index (χ1n) is 5.42. The monoisotopic (exact) mass is 352 g/mol. The zero-order chi connectivity index (χ0) is 14.8. The Labute approximate surface area is 121 Å². The van der Waals surface area contributed by atoms with Crippen LogP contribution >= 0.6 is 15.9 Å². The van der Waals surface area contributed by atoms with Crippen LogP contribution in [0.5, 0.6) is 5.75 Å². The highest BCUT2D eigenvalue weighted by atomic mass is 79.9. The molecule has 1 aromatic rings. The van der Waals surface area contributed by atoms with Gasteiger partial charge < -0.3 is 15.6 Å². The number of halogens is 1. The first-order valence-corrected chi connectivity index (χ1v) is 7.69. The summed E-state index contributed by atoms with van der Waals surface area (Å²) >= 11 is 3.20. The van der Waals surface area contributed by atoms with Crippen molar-refractivity contribution in [1.82, 2.24) is 4.72 Å². The van der Waals surface area contributed by atoms with E-state index in [1.54, 1.807) is 0 Å². The summed E-state index contributed by atoms with van der Waals surface area (Å²) in [6.07, 6.45) is 0. The Kier molecular flexibility index (Phi) is 4.83. The summed E-state index contributed by atoms with van der Waals surface area (Å²) in [7, 11) is -2.44. The summed E-state index contributed by atoms with van der Waals surface area (Å²) in [6, 6.07) is 2.78. The summed E-state index contributed by atoms with van der Waals surface area (Å²) in [5.74, 6) is 0.171. The van der Waals surface area contributed by atoms with E-state index in [-0.39, 0.29) is 22.9 Å². The first kappa shape index (κ1) is 16.2. The zero-order valence-electron chi connectivity index (χ0n) is 10.9. The van der Waals surface area contributed by atoms with Gasteiger partial charge in [0.15, 0.2) is 0 Å². The lowest BCUT2D eigenvalue weighted by molar-refractivity contribution is 0.0857. The maximum absolute atomic E-state index is 12.1. The van der Waals surface area contributed by atoms with Crippen LogP contribution in [0.3, 0.4) is 0 Å². The van der Waals surface area contributed by atoms with Crippen molar-refractivity contribution in [2.24, 2.45) is 0 Å². The van der Waals surface area contributed by atoms with Crippen molar-refractivity contribution in [3.63, 3.8) is 0 Å². The number of benzene rings is 1. The number of nitrogens with one attached hydrogen (secondary N) is 1. The molecular weight excluding hydrogens is 336 g/mol. The van der Waals surface area contributed by atoms with Gasteiger partial charge in [-0.2, -0.15) is 0 Å². The molecule has 0 spiro atoms. The van der Waals surface area contributed by atoms with Gasteiger partial charge in [-0.25, -0.2) is 13.1 Å². The summed E-state index contributed by atoms with van der Waals surface area (Å²) in [4.78, 5) is -0.0695. The van der Waals surface area contributed by atoms with Gasteiger partial charge in [0.1, 0.15) is 10.6 Å². The zero-order valence-corrected chi connectivity index (χ0v) is 13.3. The maximum atomic E-state index is 12.1. The molecule has 19 heavy (non-hydrogen) atoms. The molecule has 0 saturated heterocycles. The molecule has 4 N–H and O–H groups in total. The third kappa shape index (κ3) is 4.34. The van der Waals surface area contributed by atoms with E-state index in [0.29, 0.717) is 4.47 Å². The van der Waals surface area contributed by atoms with Gasteiger partial charge in [-0.1, -0.05) is 0 Å². The van der Waals surface area contributed by atoms with Gasteiger partial charge in [-0.15, -0.1) is 0 Å². The molecule has 1 rings (SSSR count). The van der Waals surface area contributed by atoms with Crippen molar-refractivity contribution < 1.29 is 18.3 Å². The smallest absolute Gasteiger partial charge is 0.244 e. The molecular formula is C11H17BrN2O4S. The number of hydrogen-bond acceptors (Lipinski definition) is 5. The average molecular weight is 353 g/mol. The number of anilines is 1. The fourth-order valence-corrected chi connectivity index (χ4v) is 2.98. The largest absolute Gasteiger partial charge is 0.495 e. The van der Waals surface area contributed by atoms with Crippen LogP contribution < -0.4 is 15.2 Å². The van der Waals surface area contributed by atoms with Gasteiger partial charge in [0.25, 0.3) is 0 Å². The Hall–Kier alpha value is -0.830. The molecule has 1 aromatic carbocycles. The van der Waals surface area contributed by atoms with Crippen LogP contribution in [0, 0.1) is 0 Å². The maximum Gasteiger partial charge on any atom is 0.244 e. The molecule has 0 unspecified atom stereocenters. The van der Waals surface area contributed by atoms with E-state index in [1.807, 2.05) is 0 Å². The first-order chi connectivity index (χ1) is 8.57. The molecule has 6 nitrogen and oxygen atoms in total. The second kappa shape index (κ2) is 5.66. The Morgan fingerprint density at radius 2 is 2.05 bits per heavy atom. The van der Waals surface area contributed by atoms with Crippen molar-refractivity contribution in [3.8, 4) is 5.75 Å². The molecule has 0 saturated carbocycles. The van der Waals surface area contributed by atoms with Crippen LogP contribution in [0.2, 0.25) is 0 Å². The third-order valence-corrected chi connectivity index (χ3v) is 4.38. The van der Waals surface area contributed by atoms with Gasteiger partial charge in [-0.3, -0.25) is 0 Å². The summed E-state index contributed by atoms with van der Waals surface area (Å²) in [6.45, 7) is 2.89. The van der Waals surface area contributed by atoms with Crippen LogP contribution in [0.25, 0.3) is 0 Å². The van der Waals surface area contributed by atoms with Gasteiger partial charge >= 0.3 is 0 Å². The van der Waals surface area contributed by atoms with Gasteiger partial charge in [0.2, 0.25) is 10.0 Å². The number of nitrogens with two attached hydrogens (primary N) is 1. The lowest BCUT2D eigenvalue weighted by atomic mass is 10.1. The Balaban J connectivity index is 3.17. The van der Waals surface area contributed by atoms with Crippen LogP contribution in [0.15, 0.2) is 21.5 Å². The molecule has 0 bridgehead atoms. The predicted molar refractivity (Wildman–Crippen MR) is 76.6 cm³/mol. The number of methoxy groups -OCH3 is 1. The van der Waals surface area contributed by atoms with Crippen LogP contribution in [-0.2, 0) is 10.0 Å². The van der Waals surface area contributed by atoms with Crippen molar-refractivity contribution in [2.75, 3.05) is 19.4 Å². The molecule has 0 heterocycles. The van der Waals surface area contributed by atoms with E-state index < -0.39 is 15.6 Å². The SMILES string of the molecule is COc1cc(Br)c(N)cc1S(=O)(=O)NCC(C)(C)O. The topological polar surface area (TPSA) is 102 Å². The molecule has 8 heteroatoms. The minimum absolute atomic E-state index is 0.0695. The van der Waals surface area contributed by atoms with E-state index in [4.69, 9.17) is 10.5 Å². The Morgan fingerprint density at radius 1 is 1.47 bits per heavy atom. The third-order valence-electron chi connectivity index (χ3n) is 2.27. The summed E-state index contributed by atoms with van der Waals surface area (Å²) in [5, 5.41) is 9.56. The van der Waals surface area contributed by atoms with Gasteiger partial charge in [0, 0.05) is 16.7 Å². The van der Waals surface area contributed by atoms with Gasteiger partial charge in [0.05, 0.1) is 12.7 Å². The molecule has 0 aromatic heterocycles. The van der Waals surface area contributed by atoms with Gasteiger partial charge in [-0.05, 0) is 41.9 Å². The molecule has 0 aliphatic rings. The predicted octanol–water partition coefficient (Wildman–Crippen LogP) is 1.09. The Bertz CT molecular complexity index is 567. The highest BCUT2D eigenvalue weighted by Crippen LogP contribution is 2.32. The quantitative estimate of drug-likeness (QED) is 0.688. The minimum Gasteiger partial charge on any atom is -0.495 e. The number of aliphatic hydroxyl groups is 1. The van der Waals surface area contributed by atoms with Crippen molar-refractivity contribution in [2.45, 2.75) is 24.3 Å². The van der Waals surface area contributed by atoms with Crippen molar-refractivity contribution in [3.05, 3.63) is 16.6 Å². The highest BCUT2D eigenvalue weighted by molar-refractivity contribution is 9.10. The van der Waals surface area contributed by atoms with Crippen LogP contribution in [0.1, 0.15) is 13.8 Å². The minimum atomic E-state index is -3.81. The van der Waals surface area contributed by atoms with Crippen LogP contribution in [-0.4, -0.2) is 32.8 Å². The number of nitrogen functional groups attached to an aromatic ring is 1. The molecule has 0 aliphatic carbocycles. The van der Waals surface area contributed by atoms with Crippen molar-refractivity contribution >= 4 is 31.6 Å². The average Bonchev–Trinajstić information content (AvgIpc) is 2.28. The molecule has 0 atom stereocenters. The number of ether oxygens (including phenoxy) is 1. The number of hydrogen-bond donors (Lipinski definition) is 3. The lowest BCUT2D eigenvalue weighted by Gasteiger charge is -2.18. The highest BCUT2D eigenvalue weighted by Gasteiger charge is 2.24. The molecule has 0 aliphatic heterocycles. The second-order valence-electron chi connectivity index (χ2n) is 4.66. The van der Waals surface area contributed by atoms with E-state index in [1.165, 1.54) is 33.1 Å². The number of sulfonamides is 1. The number of rotatable bonds is 5. The van der Waals surface area contributed by atoms with E-state index in [0.717, 1.165) is 0 Å². The molecule has 108 valence electrons. The summed E-state index contributed by atoms with van der Waals surface area (Å²) < 4.78 is 32.2. The fraction of sp³-hybridized carbons (Fsp3) is 0.455. The second-order valence-corrected chi connectivity index (χ2v) is 7.25. The normalized spacial score (nSPS) is 12.5. The Morgan fingerprint density at radius 3 is 2.53 bits per heavy atom. The fourth-order valence-electron chi connectivity index (χ4n) is 1.27. The van der Waals surface area contributed by atoms with Crippen molar-refractivity contribution in [1.29, 1.82) is 0 Å². The lowest BCUT2D eigenvalue weighted by Crippen LogP contribution is -2.38. The molecule has 0 amide bonds. The van der Waals surface area contributed by atoms with E-state index in [2.05, 4.69) is 20.7 Å². The standard InChI is InChI=1S/C11H17BrN2O4S/c1-11(2,15)6-14-19(16,17)10-5-8(13)7(12)4-9(10)18-3/h4-5,14-15H,6,13H2,1-3H3. The summed E-state index contributed by atoms with van der Waals surface area (Å²) in [5.41, 5.74) is 4.81. The van der Waals surface area contributed by atoms with E-state index >= 15 is 0 Å². The molecule has 0 radical (unpaired) electrons.